The topological polar surface area (TPSA) is 66.4 Å². The number of carboxylic acids is 1. The summed E-state index contributed by atoms with van der Waals surface area (Å²) in [5.41, 5.74) is 0. The fourth-order valence-corrected chi connectivity index (χ4v) is 2.28. The molecule has 0 aromatic carbocycles. The number of aromatic carboxylic acids is 1. The third kappa shape index (κ3) is 4.40. The Bertz CT molecular complexity index is 403. The van der Waals surface area contributed by atoms with Crippen LogP contribution in [0.3, 0.4) is 0 Å². The van der Waals surface area contributed by atoms with Crippen LogP contribution >= 0.6 is 23.1 Å². The molecule has 1 heterocycles. The van der Waals surface area contributed by atoms with Gasteiger partial charge in [-0.25, -0.2) is 4.79 Å². The molecule has 0 aliphatic heterocycles. The van der Waals surface area contributed by atoms with Crippen molar-refractivity contribution in [3.8, 4) is 0 Å². The third-order valence-corrected chi connectivity index (χ3v) is 4.39. The van der Waals surface area contributed by atoms with E-state index in [1.54, 1.807) is 17.8 Å². The Morgan fingerprint density at radius 3 is 2.65 bits per heavy atom. The van der Waals surface area contributed by atoms with Gasteiger partial charge < -0.3 is 10.4 Å². The van der Waals surface area contributed by atoms with Gasteiger partial charge in [0.1, 0.15) is 4.88 Å². The molecule has 0 aliphatic carbocycles. The summed E-state index contributed by atoms with van der Waals surface area (Å²) in [6.45, 7) is 2.71. The zero-order valence-electron chi connectivity index (χ0n) is 9.73. The van der Waals surface area contributed by atoms with Gasteiger partial charge >= 0.3 is 5.97 Å². The van der Waals surface area contributed by atoms with E-state index in [4.69, 9.17) is 5.11 Å². The molecular weight excluding hydrogens is 258 g/mol. The van der Waals surface area contributed by atoms with E-state index in [0.29, 0.717) is 16.7 Å². The van der Waals surface area contributed by atoms with Crippen molar-refractivity contribution in [2.75, 3.05) is 12.8 Å². The van der Waals surface area contributed by atoms with Gasteiger partial charge in [-0.1, -0.05) is 6.92 Å². The van der Waals surface area contributed by atoms with Gasteiger partial charge in [-0.3, -0.25) is 4.79 Å². The fraction of sp³-hybridized carbons (Fsp3) is 0.455. The largest absolute Gasteiger partial charge is 0.477 e. The number of hydrogen-bond acceptors (Lipinski definition) is 4. The molecule has 0 bridgehead atoms. The molecule has 1 aromatic rings. The van der Waals surface area contributed by atoms with Gasteiger partial charge in [0.05, 0.1) is 4.88 Å². The SMILES string of the molecule is CSC(C)CCNC(=O)c1ccc(C(=O)O)s1. The molecule has 1 aromatic heterocycles. The van der Waals surface area contributed by atoms with Crippen LogP contribution in [0.2, 0.25) is 0 Å². The van der Waals surface area contributed by atoms with Crippen LogP contribution in [0, 0.1) is 0 Å². The van der Waals surface area contributed by atoms with E-state index in [1.807, 2.05) is 6.26 Å². The third-order valence-electron chi connectivity index (χ3n) is 2.28. The summed E-state index contributed by atoms with van der Waals surface area (Å²) in [6.07, 6.45) is 2.94. The second-order valence-electron chi connectivity index (χ2n) is 3.56. The van der Waals surface area contributed by atoms with Crippen LogP contribution in [0.15, 0.2) is 12.1 Å². The molecule has 0 radical (unpaired) electrons. The highest BCUT2D eigenvalue weighted by Crippen LogP contribution is 2.16. The maximum Gasteiger partial charge on any atom is 0.345 e. The van der Waals surface area contributed by atoms with Crippen LogP contribution < -0.4 is 5.32 Å². The normalized spacial score (nSPS) is 12.1. The van der Waals surface area contributed by atoms with Gasteiger partial charge in [0.2, 0.25) is 0 Å². The second kappa shape index (κ2) is 6.66. The number of carboxylic acid groups (broad SMARTS) is 1. The zero-order valence-corrected chi connectivity index (χ0v) is 11.4. The number of hydrogen-bond donors (Lipinski definition) is 2. The summed E-state index contributed by atoms with van der Waals surface area (Å²) in [5, 5.41) is 12.0. The van der Waals surface area contributed by atoms with E-state index >= 15 is 0 Å². The van der Waals surface area contributed by atoms with Crippen molar-refractivity contribution in [3.05, 3.63) is 21.9 Å². The minimum Gasteiger partial charge on any atom is -0.477 e. The van der Waals surface area contributed by atoms with Crippen molar-refractivity contribution in [3.63, 3.8) is 0 Å². The highest BCUT2D eigenvalue weighted by atomic mass is 32.2. The standard InChI is InChI=1S/C11H15NO3S2/c1-7(16-2)5-6-12-10(13)8-3-4-9(17-8)11(14)15/h3-4,7H,5-6H2,1-2H3,(H,12,13)(H,14,15). The average Bonchev–Trinajstić information content (AvgIpc) is 2.78. The Hall–Kier alpha value is -1.01. The summed E-state index contributed by atoms with van der Waals surface area (Å²) in [5.74, 6) is -1.19. The molecule has 1 atom stereocenters. The maximum absolute atomic E-state index is 11.6. The monoisotopic (exact) mass is 273 g/mol. The highest BCUT2D eigenvalue weighted by molar-refractivity contribution is 7.99. The summed E-state index contributed by atoms with van der Waals surface area (Å²) >= 11 is 2.75. The van der Waals surface area contributed by atoms with Gasteiger partial charge in [0, 0.05) is 11.8 Å². The Kier molecular flexibility index (Phi) is 5.50. The van der Waals surface area contributed by atoms with E-state index in [2.05, 4.69) is 12.2 Å². The summed E-state index contributed by atoms with van der Waals surface area (Å²) < 4.78 is 0. The molecule has 1 rings (SSSR count). The van der Waals surface area contributed by atoms with E-state index in [9.17, 15) is 9.59 Å². The van der Waals surface area contributed by atoms with Crippen LogP contribution in [-0.4, -0.2) is 35.0 Å². The summed E-state index contributed by atoms with van der Waals surface area (Å²) in [6, 6.07) is 2.99. The molecule has 0 fully saturated rings. The van der Waals surface area contributed by atoms with E-state index in [1.165, 1.54) is 6.07 Å². The minimum absolute atomic E-state index is 0.188. The number of rotatable bonds is 6. The number of amides is 1. The number of nitrogens with one attached hydrogen (secondary N) is 1. The quantitative estimate of drug-likeness (QED) is 0.834. The van der Waals surface area contributed by atoms with Crippen LogP contribution in [0.25, 0.3) is 0 Å². The molecule has 2 N–H and O–H groups in total. The van der Waals surface area contributed by atoms with Crippen molar-refractivity contribution in [1.29, 1.82) is 0 Å². The highest BCUT2D eigenvalue weighted by Gasteiger charge is 2.12. The van der Waals surface area contributed by atoms with Crippen molar-refractivity contribution < 1.29 is 14.7 Å². The summed E-state index contributed by atoms with van der Waals surface area (Å²) in [4.78, 5) is 22.9. The van der Waals surface area contributed by atoms with E-state index in [0.717, 1.165) is 17.8 Å². The van der Waals surface area contributed by atoms with Gasteiger partial charge in [-0.15, -0.1) is 11.3 Å². The molecule has 0 aliphatic rings. The van der Waals surface area contributed by atoms with Crippen molar-refractivity contribution in [2.45, 2.75) is 18.6 Å². The first-order valence-corrected chi connectivity index (χ1v) is 7.29. The molecule has 17 heavy (non-hydrogen) atoms. The molecule has 0 spiro atoms. The number of thiophene rings is 1. The maximum atomic E-state index is 11.6. The van der Waals surface area contributed by atoms with Crippen LogP contribution in [0.4, 0.5) is 0 Å². The van der Waals surface area contributed by atoms with E-state index in [-0.39, 0.29) is 10.8 Å². The predicted molar refractivity (Wildman–Crippen MR) is 71.2 cm³/mol. The van der Waals surface area contributed by atoms with Gasteiger partial charge in [0.25, 0.3) is 5.91 Å². The molecule has 4 nitrogen and oxygen atoms in total. The molecular formula is C11H15NO3S2. The molecule has 1 amide bonds. The number of carbonyl (C=O) groups excluding carboxylic acids is 1. The van der Waals surface area contributed by atoms with Crippen molar-refractivity contribution in [1.82, 2.24) is 5.32 Å². The first-order chi connectivity index (χ1) is 8.04. The Labute approximate surface area is 108 Å². The lowest BCUT2D eigenvalue weighted by Gasteiger charge is -2.08. The lowest BCUT2D eigenvalue weighted by molar-refractivity contribution is 0.0702. The van der Waals surface area contributed by atoms with Crippen LogP contribution in [0.5, 0.6) is 0 Å². The lowest BCUT2D eigenvalue weighted by atomic mass is 10.3. The first kappa shape index (κ1) is 14.1. The molecule has 94 valence electrons. The van der Waals surface area contributed by atoms with Crippen LogP contribution in [0.1, 0.15) is 32.7 Å². The minimum atomic E-state index is -0.995. The molecule has 0 saturated heterocycles. The fourth-order valence-electron chi connectivity index (χ4n) is 1.17. The molecule has 6 heteroatoms. The van der Waals surface area contributed by atoms with Gasteiger partial charge in [-0.2, -0.15) is 11.8 Å². The van der Waals surface area contributed by atoms with E-state index < -0.39 is 5.97 Å². The van der Waals surface area contributed by atoms with Crippen molar-refractivity contribution >= 4 is 35.0 Å². The Morgan fingerprint density at radius 1 is 1.47 bits per heavy atom. The van der Waals surface area contributed by atoms with Gasteiger partial charge in [-0.05, 0) is 24.8 Å². The Balaban J connectivity index is 2.44. The molecule has 0 saturated carbocycles. The lowest BCUT2D eigenvalue weighted by Crippen LogP contribution is -2.25. The summed E-state index contributed by atoms with van der Waals surface area (Å²) in [7, 11) is 0. The number of carbonyl (C=O) groups is 2. The second-order valence-corrected chi connectivity index (χ2v) is 5.92. The zero-order chi connectivity index (χ0) is 12.8. The predicted octanol–water partition coefficient (Wildman–Crippen LogP) is 2.32. The molecule has 1 unspecified atom stereocenters. The van der Waals surface area contributed by atoms with Crippen molar-refractivity contribution in [2.24, 2.45) is 0 Å². The Morgan fingerprint density at radius 2 is 2.12 bits per heavy atom. The van der Waals surface area contributed by atoms with Gasteiger partial charge in [0.15, 0.2) is 0 Å². The first-order valence-electron chi connectivity index (χ1n) is 5.18. The average molecular weight is 273 g/mol. The number of thioether (sulfide) groups is 1. The smallest absolute Gasteiger partial charge is 0.345 e. The van der Waals surface area contributed by atoms with Crippen LogP contribution in [-0.2, 0) is 0 Å².